The van der Waals surface area contributed by atoms with E-state index >= 15 is 0 Å². The zero-order chi connectivity index (χ0) is 44.1. The summed E-state index contributed by atoms with van der Waals surface area (Å²) in [4.78, 5) is 45.7. The van der Waals surface area contributed by atoms with Crippen molar-refractivity contribution in [3.8, 4) is 23.0 Å². The standard InChI is InChI=1S/C43H58N2O14/c1-20-13-12-14-21(2)42(53)45-33-28(19-44-57-18-15-22(3)54-10)37(50)30-31(38(33)51)36(49)26(7)40-32(30)41(52)43(9,59-40)56-17-16-29(55-11)23(4)39(58-27(8)46)25(6)35(48)24(5)34(20)47/h12-14,16-17,19-20,22-25,29,34-35,39,47-51H,15,18H2,1-11H3,(H,45,53)/b13-12+,17-16+,21-14+,44-19-. The van der Waals surface area contributed by atoms with E-state index in [1.54, 1.807) is 47.0 Å². The second-order valence-corrected chi connectivity index (χ2v) is 15.5. The van der Waals surface area contributed by atoms with E-state index in [9.17, 15) is 39.9 Å². The van der Waals surface area contributed by atoms with Crippen LogP contribution in [-0.2, 0) is 33.4 Å². The third kappa shape index (κ3) is 9.67. The topological polar surface area (TPSA) is 232 Å². The largest absolute Gasteiger partial charge is 0.507 e. The summed E-state index contributed by atoms with van der Waals surface area (Å²) in [5.41, 5.74) is -0.670. The maximum Gasteiger partial charge on any atom is 0.312 e. The van der Waals surface area contributed by atoms with Gasteiger partial charge < -0.3 is 59.4 Å². The van der Waals surface area contributed by atoms with Gasteiger partial charge in [0.05, 0.1) is 59.1 Å². The number of aliphatic hydroxyl groups is 2. The fourth-order valence-electron chi connectivity index (χ4n) is 7.35. The number of aliphatic hydroxyl groups excluding tert-OH is 2. The number of Topliss-reactive ketones (excluding diaryl/α,β-unsaturated/α-hetero) is 1. The number of phenols is 3. The Hall–Kier alpha value is -5.16. The maximum atomic E-state index is 14.4. The monoisotopic (exact) mass is 826 g/mol. The molecule has 5 rings (SSSR count). The summed E-state index contributed by atoms with van der Waals surface area (Å²) in [6, 6.07) is 0. The molecule has 2 aromatic rings. The third-order valence-corrected chi connectivity index (χ3v) is 11.3. The van der Waals surface area contributed by atoms with E-state index in [0.29, 0.717) is 6.42 Å². The van der Waals surface area contributed by atoms with Crippen molar-refractivity contribution in [3.05, 3.63) is 52.8 Å². The number of hydrogen-bond acceptors (Lipinski definition) is 15. The lowest BCUT2D eigenvalue weighted by atomic mass is 9.78. The smallest absolute Gasteiger partial charge is 0.312 e. The number of esters is 1. The minimum absolute atomic E-state index is 0.0265. The predicted octanol–water partition coefficient (Wildman–Crippen LogP) is 5.53. The van der Waals surface area contributed by atoms with Crippen molar-refractivity contribution in [2.24, 2.45) is 28.8 Å². The Balaban J connectivity index is 1.95. The van der Waals surface area contributed by atoms with Crippen molar-refractivity contribution in [3.63, 3.8) is 0 Å². The molecule has 3 heterocycles. The molecule has 324 valence electrons. The molecular formula is C43H58N2O14. The predicted molar refractivity (Wildman–Crippen MR) is 218 cm³/mol. The summed E-state index contributed by atoms with van der Waals surface area (Å²) in [7, 11) is 2.97. The van der Waals surface area contributed by atoms with E-state index in [0.717, 1.165) is 6.21 Å². The first-order valence-corrected chi connectivity index (χ1v) is 19.5. The Kier molecular flexibility index (Phi) is 15.2. The van der Waals surface area contributed by atoms with Crippen LogP contribution in [0.4, 0.5) is 5.69 Å². The molecule has 0 fully saturated rings. The minimum Gasteiger partial charge on any atom is -0.507 e. The summed E-state index contributed by atoms with van der Waals surface area (Å²) in [6.07, 6.45) is 4.78. The quantitative estimate of drug-likeness (QED) is 0.0480. The number of allylic oxidation sites excluding steroid dienone is 2. The molecule has 10 atom stereocenters. The van der Waals surface area contributed by atoms with Crippen LogP contribution in [0.2, 0.25) is 0 Å². The van der Waals surface area contributed by atoms with E-state index in [4.69, 9.17) is 28.5 Å². The molecule has 6 N–H and O–H groups in total. The van der Waals surface area contributed by atoms with Gasteiger partial charge in [0.2, 0.25) is 0 Å². The van der Waals surface area contributed by atoms with Gasteiger partial charge in [-0.3, -0.25) is 14.4 Å². The van der Waals surface area contributed by atoms with Gasteiger partial charge in [-0.05, 0) is 26.8 Å². The highest BCUT2D eigenvalue weighted by atomic mass is 16.7. The minimum atomic E-state index is -2.07. The van der Waals surface area contributed by atoms with Crippen LogP contribution in [0, 0.1) is 30.6 Å². The lowest BCUT2D eigenvalue weighted by Gasteiger charge is -2.38. The van der Waals surface area contributed by atoms with Crippen molar-refractivity contribution in [1.29, 1.82) is 0 Å². The maximum absolute atomic E-state index is 14.4. The number of aromatic hydroxyl groups is 3. The number of rotatable bonds is 8. The van der Waals surface area contributed by atoms with Crippen LogP contribution in [0.3, 0.4) is 0 Å². The number of hydrogen-bond donors (Lipinski definition) is 6. The molecule has 0 radical (unpaired) electrons. The Bertz CT molecular complexity index is 2020. The molecule has 1 amide bonds. The van der Waals surface area contributed by atoms with Crippen molar-refractivity contribution < 1.29 is 68.4 Å². The highest BCUT2D eigenvalue weighted by molar-refractivity contribution is 6.23. The second kappa shape index (κ2) is 19.3. The number of ether oxygens (including phenoxy) is 5. The van der Waals surface area contributed by atoms with Crippen molar-refractivity contribution in [2.75, 3.05) is 26.1 Å². The number of oxime groups is 1. The number of methoxy groups -OCH3 is 2. The van der Waals surface area contributed by atoms with Crippen LogP contribution < -0.4 is 10.1 Å². The van der Waals surface area contributed by atoms with Gasteiger partial charge in [0.25, 0.3) is 11.7 Å². The van der Waals surface area contributed by atoms with Gasteiger partial charge >= 0.3 is 11.8 Å². The molecule has 3 aliphatic heterocycles. The van der Waals surface area contributed by atoms with Crippen LogP contribution in [0.1, 0.15) is 83.3 Å². The van der Waals surface area contributed by atoms with Gasteiger partial charge in [-0.2, -0.15) is 0 Å². The number of fused-ring (bicyclic) bond motifs is 14. The molecule has 0 aromatic heterocycles. The molecule has 3 aliphatic rings. The molecular weight excluding hydrogens is 768 g/mol. The van der Waals surface area contributed by atoms with Gasteiger partial charge in [-0.25, -0.2) is 0 Å². The van der Waals surface area contributed by atoms with Crippen LogP contribution in [0.15, 0.2) is 41.3 Å². The van der Waals surface area contributed by atoms with Gasteiger partial charge in [0.1, 0.15) is 30.0 Å². The average molecular weight is 827 g/mol. The summed E-state index contributed by atoms with van der Waals surface area (Å²) < 4.78 is 28.7. The van der Waals surface area contributed by atoms with Crippen molar-refractivity contribution >= 4 is 40.3 Å². The third-order valence-electron chi connectivity index (χ3n) is 11.3. The van der Waals surface area contributed by atoms with Crippen molar-refractivity contribution in [2.45, 2.75) is 105 Å². The number of nitrogens with zero attached hydrogens (tertiary/aromatic N) is 1. The Labute approximate surface area is 344 Å². The number of carbonyl (C=O) groups excluding carboxylic acids is 3. The fraction of sp³-hybridized carbons (Fsp3) is 0.535. The number of ketones is 1. The molecule has 16 heteroatoms. The summed E-state index contributed by atoms with van der Waals surface area (Å²) in [5, 5.41) is 64.0. The number of carbonyl (C=O) groups is 3. The fourth-order valence-corrected chi connectivity index (χ4v) is 7.35. The van der Waals surface area contributed by atoms with E-state index in [2.05, 4.69) is 10.5 Å². The first kappa shape index (κ1) is 46.5. The summed E-state index contributed by atoms with van der Waals surface area (Å²) in [5.74, 6) is -8.73. The molecule has 16 nitrogen and oxygen atoms in total. The highest BCUT2D eigenvalue weighted by Gasteiger charge is 2.50. The second-order valence-electron chi connectivity index (χ2n) is 15.5. The molecule has 0 saturated heterocycles. The molecule has 0 spiro atoms. The van der Waals surface area contributed by atoms with Crippen LogP contribution in [0.25, 0.3) is 10.8 Å². The van der Waals surface area contributed by atoms with Gasteiger partial charge in [-0.1, -0.05) is 51.1 Å². The lowest BCUT2D eigenvalue weighted by molar-refractivity contribution is -0.160. The summed E-state index contributed by atoms with van der Waals surface area (Å²) in [6.45, 7) is 14.3. The van der Waals surface area contributed by atoms with Gasteiger partial charge in [-0.15, -0.1) is 0 Å². The number of phenolic OH excluding ortho intramolecular Hbond substituents is 3. The van der Waals surface area contributed by atoms with Crippen LogP contribution >= 0.6 is 0 Å². The lowest BCUT2D eigenvalue weighted by Crippen LogP contribution is -2.46. The zero-order valence-electron chi connectivity index (χ0n) is 35.4. The Morgan fingerprint density at radius 1 is 0.983 bits per heavy atom. The van der Waals surface area contributed by atoms with Crippen molar-refractivity contribution in [1.82, 2.24) is 0 Å². The SMILES string of the molecule is COC(C)CCO/N=C\c1c2c(O)c3c(O)c(C)c4c(c3c1O)C(=O)C(C)(O/C=C/C(OC)C(C)C(OC(C)=O)C(C)C(O)C(C)C(O)C(C)/C=C/C=C(\C)C(=O)N2)O4. The average Bonchev–Trinajstić information content (AvgIpc) is 3.46. The molecule has 0 aliphatic carbocycles. The molecule has 10 unspecified atom stereocenters. The number of anilines is 1. The van der Waals surface area contributed by atoms with E-state index in [-0.39, 0.29) is 57.2 Å². The first-order valence-electron chi connectivity index (χ1n) is 19.5. The first-order chi connectivity index (χ1) is 27.7. The van der Waals surface area contributed by atoms with Crippen LogP contribution in [0.5, 0.6) is 23.0 Å². The van der Waals surface area contributed by atoms with E-state index in [1.807, 2.05) is 6.92 Å². The normalized spacial score (nSPS) is 30.6. The van der Waals surface area contributed by atoms with Gasteiger partial charge in [0, 0.05) is 74.7 Å². The summed E-state index contributed by atoms with van der Waals surface area (Å²) >= 11 is 0. The number of nitrogens with one attached hydrogen (secondary N) is 1. The zero-order valence-corrected chi connectivity index (χ0v) is 35.4. The molecule has 5 bridgehead atoms. The van der Waals surface area contributed by atoms with Gasteiger partial charge in [0.15, 0.2) is 5.75 Å². The number of amides is 1. The molecule has 0 saturated carbocycles. The Morgan fingerprint density at radius 2 is 1.66 bits per heavy atom. The van der Waals surface area contributed by atoms with Crippen LogP contribution in [-0.4, -0.2) is 107 Å². The van der Waals surface area contributed by atoms with E-state index in [1.165, 1.54) is 53.2 Å². The highest BCUT2D eigenvalue weighted by Crippen LogP contribution is 2.55. The molecule has 2 aromatic carbocycles. The Morgan fingerprint density at radius 3 is 2.29 bits per heavy atom. The van der Waals surface area contributed by atoms with E-state index < -0.39 is 88.8 Å². The molecule has 59 heavy (non-hydrogen) atoms. The number of benzene rings is 2.